The first-order chi connectivity index (χ1) is 15.0. The van der Waals surface area contributed by atoms with Crippen molar-refractivity contribution >= 4 is 39.1 Å². The number of nitrogens with zero attached hydrogens (tertiary/aromatic N) is 2. The molecule has 1 N–H and O–H groups in total. The third-order valence-electron chi connectivity index (χ3n) is 4.99. The van der Waals surface area contributed by atoms with Gasteiger partial charge in [0.25, 0.3) is 11.8 Å². The molecule has 2 amide bonds. The van der Waals surface area contributed by atoms with E-state index in [1.165, 1.54) is 45.6 Å². The fourth-order valence-corrected chi connectivity index (χ4v) is 5.28. The highest BCUT2D eigenvalue weighted by Gasteiger charge is 2.32. The number of nitrogens with one attached hydrogen (secondary N) is 1. The van der Waals surface area contributed by atoms with Crippen LogP contribution in [0.5, 0.6) is 0 Å². The number of anilines is 1. The summed E-state index contributed by atoms with van der Waals surface area (Å²) in [7, 11) is -0.551. The molecule has 0 aliphatic carbocycles. The zero-order valence-electron chi connectivity index (χ0n) is 18.3. The van der Waals surface area contributed by atoms with Gasteiger partial charge in [-0.3, -0.25) is 9.59 Å². The van der Waals surface area contributed by atoms with Crippen LogP contribution in [0.25, 0.3) is 0 Å². The Morgan fingerprint density at radius 2 is 1.72 bits per heavy atom. The Morgan fingerprint density at radius 3 is 2.34 bits per heavy atom. The van der Waals surface area contributed by atoms with Crippen molar-refractivity contribution < 1.29 is 22.7 Å². The quantitative estimate of drug-likeness (QED) is 0.710. The summed E-state index contributed by atoms with van der Waals surface area (Å²) in [6, 6.07) is 10.4. The molecule has 32 heavy (non-hydrogen) atoms. The Labute approximate surface area is 193 Å². The van der Waals surface area contributed by atoms with Gasteiger partial charge in [-0.1, -0.05) is 17.7 Å². The van der Waals surface area contributed by atoms with E-state index in [4.69, 9.17) is 16.3 Å². The third-order valence-corrected chi connectivity index (χ3v) is 7.15. The summed E-state index contributed by atoms with van der Waals surface area (Å²) in [5.74, 6) is -0.777. The predicted molar refractivity (Wildman–Crippen MR) is 123 cm³/mol. The van der Waals surface area contributed by atoms with Crippen LogP contribution in [0.15, 0.2) is 47.4 Å². The maximum Gasteiger partial charge on any atom is 0.255 e. The highest BCUT2D eigenvalue weighted by Crippen LogP contribution is 2.26. The number of sulfonamides is 1. The van der Waals surface area contributed by atoms with Crippen LogP contribution in [0.3, 0.4) is 0 Å². The molecule has 2 aromatic rings. The number of halogens is 1. The first-order valence-electron chi connectivity index (χ1n) is 10.1. The summed E-state index contributed by atoms with van der Waals surface area (Å²) >= 11 is 6.19. The van der Waals surface area contributed by atoms with Crippen LogP contribution >= 0.6 is 11.6 Å². The van der Waals surface area contributed by atoms with Crippen LogP contribution in [-0.4, -0.2) is 68.8 Å². The number of amides is 2. The summed E-state index contributed by atoms with van der Waals surface area (Å²) in [5.41, 5.74) is 0.774. The summed E-state index contributed by atoms with van der Waals surface area (Å²) in [6.07, 6.45) is -0.446. The summed E-state index contributed by atoms with van der Waals surface area (Å²) in [5, 5.41) is 2.92. The van der Waals surface area contributed by atoms with Crippen molar-refractivity contribution in [1.82, 2.24) is 9.21 Å². The highest BCUT2D eigenvalue weighted by molar-refractivity contribution is 7.89. The Balaban J connectivity index is 1.85. The van der Waals surface area contributed by atoms with Crippen LogP contribution < -0.4 is 5.32 Å². The van der Waals surface area contributed by atoms with Gasteiger partial charge in [0.2, 0.25) is 10.0 Å². The van der Waals surface area contributed by atoms with Crippen LogP contribution in [0, 0.1) is 0 Å². The highest BCUT2D eigenvalue weighted by atomic mass is 35.5. The second-order valence-electron chi connectivity index (χ2n) is 7.96. The standard InChI is InChI=1S/C22H26ClN3O5S/c1-14-12-26(13-15(2)31-14)32(29,30)18-7-5-6-16(10-18)21(27)24-20-11-17(8-9-19(20)23)22(28)25(3)4/h5-11,14-15H,12-13H2,1-4H3,(H,24,27). The molecule has 10 heteroatoms. The van der Waals surface area contributed by atoms with Crippen molar-refractivity contribution in [2.75, 3.05) is 32.5 Å². The number of hydrogen-bond acceptors (Lipinski definition) is 5. The molecule has 3 rings (SSSR count). The normalized spacial score (nSPS) is 19.4. The lowest BCUT2D eigenvalue weighted by Gasteiger charge is -2.34. The first kappa shape index (κ1) is 24.2. The van der Waals surface area contributed by atoms with E-state index in [2.05, 4.69) is 5.32 Å². The molecule has 0 radical (unpaired) electrons. The van der Waals surface area contributed by atoms with E-state index in [9.17, 15) is 18.0 Å². The van der Waals surface area contributed by atoms with Crippen molar-refractivity contribution in [3.8, 4) is 0 Å². The lowest BCUT2D eigenvalue weighted by atomic mass is 10.1. The lowest BCUT2D eigenvalue weighted by Crippen LogP contribution is -2.48. The van der Waals surface area contributed by atoms with Crippen molar-refractivity contribution in [3.63, 3.8) is 0 Å². The van der Waals surface area contributed by atoms with Crippen molar-refractivity contribution in [2.45, 2.75) is 31.0 Å². The number of ether oxygens (including phenoxy) is 1. The molecule has 1 fully saturated rings. The van der Waals surface area contributed by atoms with Crippen molar-refractivity contribution in [2.24, 2.45) is 0 Å². The number of carbonyl (C=O) groups is 2. The van der Waals surface area contributed by atoms with Gasteiger partial charge in [-0.05, 0) is 50.2 Å². The summed E-state index contributed by atoms with van der Waals surface area (Å²) in [6.45, 7) is 4.12. The second-order valence-corrected chi connectivity index (χ2v) is 10.3. The molecule has 8 nitrogen and oxygen atoms in total. The smallest absolute Gasteiger partial charge is 0.255 e. The van der Waals surface area contributed by atoms with Crippen LogP contribution in [0.4, 0.5) is 5.69 Å². The zero-order valence-corrected chi connectivity index (χ0v) is 19.9. The number of hydrogen-bond donors (Lipinski definition) is 1. The van der Waals surface area contributed by atoms with E-state index in [0.717, 1.165) is 0 Å². The second kappa shape index (κ2) is 9.58. The number of carbonyl (C=O) groups excluding carboxylic acids is 2. The average molecular weight is 480 g/mol. The summed E-state index contributed by atoms with van der Waals surface area (Å²) in [4.78, 5) is 26.5. The molecule has 1 aliphatic heterocycles. The monoisotopic (exact) mass is 479 g/mol. The minimum absolute atomic E-state index is 0.0223. The van der Waals surface area contributed by atoms with Gasteiger partial charge < -0.3 is 15.0 Å². The van der Waals surface area contributed by atoms with Crippen LogP contribution in [-0.2, 0) is 14.8 Å². The van der Waals surface area contributed by atoms with E-state index >= 15 is 0 Å². The largest absolute Gasteiger partial charge is 0.373 e. The first-order valence-corrected chi connectivity index (χ1v) is 11.9. The Morgan fingerprint density at radius 1 is 1.06 bits per heavy atom. The fourth-order valence-electron chi connectivity index (χ4n) is 3.48. The lowest BCUT2D eigenvalue weighted by molar-refractivity contribution is -0.0440. The molecule has 0 aromatic heterocycles. The average Bonchev–Trinajstić information content (AvgIpc) is 2.74. The Kier molecular flexibility index (Phi) is 7.24. The Bertz CT molecular complexity index is 1130. The van der Waals surface area contributed by atoms with Crippen molar-refractivity contribution in [3.05, 3.63) is 58.6 Å². The van der Waals surface area contributed by atoms with Gasteiger partial charge in [-0.15, -0.1) is 0 Å². The van der Waals surface area contributed by atoms with Gasteiger partial charge in [0, 0.05) is 38.3 Å². The van der Waals surface area contributed by atoms with E-state index in [1.807, 2.05) is 13.8 Å². The molecule has 2 atom stereocenters. The molecular formula is C22H26ClN3O5S. The zero-order chi connectivity index (χ0) is 23.6. The minimum Gasteiger partial charge on any atom is -0.373 e. The van der Waals surface area contributed by atoms with E-state index in [1.54, 1.807) is 20.2 Å². The number of benzene rings is 2. The minimum atomic E-state index is -3.80. The molecule has 2 unspecified atom stereocenters. The van der Waals surface area contributed by atoms with E-state index in [-0.39, 0.29) is 52.4 Å². The summed E-state index contributed by atoms with van der Waals surface area (Å²) < 4.78 is 33.2. The van der Waals surface area contributed by atoms with Crippen LogP contribution in [0.1, 0.15) is 34.6 Å². The van der Waals surface area contributed by atoms with Gasteiger partial charge in [0.05, 0.1) is 27.8 Å². The SMILES string of the molecule is CC1CN(S(=O)(=O)c2cccc(C(=O)Nc3cc(C(=O)N(C)C)ccc3Cl)c2)CC(C)O1. The third kappa shape index (κ3) is 5.29. The van der Waals surface area contributed by atoms with Gasteiger partial charge in [-0.2, -0.15) is 4.31 Å². The molecule has 1 heterocycles. The molecule has 0 bridgehead atoms. The molecule has 1 aliphatic rings. The molecule has 2 aromatic carbocycles. The van der Waals surface area contributed by atoms with Gasteiger partial charge in [0.1, 0.15) is 0 Å². The molecule has 0 saturated carbocycles. The fraction of sp³-hybridized carbons (Fsp3) is 0.364. The number of rotatable bonds is 5. The van der Waals surface area contributed by atoms with Gasteiger partial charge in [0.15, 0.2) is 0 Å². The molecule has 172 valence electrons. The molecular weight excluding hydrogens is 454 g/mol. The molecule has 1 saturated heterocycles. The molecule has 0 spiro atoms. The predicted octanol–water partition coefficient (Wildman–Crippen LogP) is 3.09. The number of morpholine rings is 1. The topological polar surface area (TPSA) is 96.0 Å². The maximum atomic E-state index is 13.1. The van der Waals surface area contributed by atoms with Gasteiger partial charge >= 0.3 is 0 Å². The van der Waals surface area contributed by atoms with E-state index in [0.29, 0.717) is 5.56 Å². The maximum absolute atomic E-state index is 13.1. The van der Waals surface area contributed by atoms with Crippen LogP contribution in [0.2, 0.25) is 5.02 Å². The van der Waals surface area contributed by atoms with Crippen molar-refractivity contribution in [1.29, 1.82) is 0 Å². The Hall–Kier alpha value is -2.46. The van der Waals surface area contributed by atoms with E-state index < -0.39 is 15.9 Å². The van der Waals surface area contributed by atoms with Gasteiger partial charge in [-0.25, -0.2) is 8.42 Å².